The van der Waals surface area contributed by atoms with Crippen molar-refractivity contribution in [3.8, 4) is 0 Å². The fourth-order valence-corrected chi connectivity index (χ4v) is 4.55. The van der Waals surface area contributed by atoms with E-state index in [0.29, 0.717) is 23.3 Å². The maximum atomic E-state index is 12.6. The Kier molecular flexibility index (Phi) is 6.70. The van der Waals surface area contributed by atoms with Gasteiger partial charge in [-0.05, 0) is 55.6 Å². The second kappa shape index (κ2) is 9.20. The third-order valence-electron chi connectivity index (χ3n) is 6.16. The van der Waals surface area contributed by atoms with E-state index in [1.54, 1.807) is 12.1 Å². The fraction of sp³-hybridized carbons (Fsp3) is 0.636. The van der Waals surface area contributed by atoms with E-state index in [4.69, 9.17) is 0 Å². The summed E-state index contributed by atoms with van der Waals surface area (Å²) in [6.45, 7) is 1.65. The number of carbonyl (C=O) groups is 2. The molecule has 0 unspecified atom stereocenters. The van der Waals surface area contributed by atoms with Crippen molar-refractivity contribution in [3.05, 3.63) is 35.4 Å². The number of aromatic carboxylic acids is 1. The molecule has 1 saturated heterocycles. The number of benzene rings is 1. The van der Waals surface area contributed by atoms with Crippen LogP contribution in [0.5, 0.6) is 0 Å². The van der Waals surface area contributed by atoms with E-state index in [1.165, 1.54) is 38.5 Å². The van der Waals surface area contributed by atoms with Gasteiger partial charge in [-0.3, -0.25) is 4.79 Å². The van der Waals surface area contributed by atoms with Gasteiger partial charge in [-0.15, -0.1) is 0 Å². The molecule has 1 aliphatic heterocycles. The molecular weight excluding hydrogens is 326 g/mol. The van der Waals surface area contributed by atoms with Gasteiger partial charge in [0.05, 0.1) is 5.56 Å². The number of carboxylic acid groups (broad SMARTS) is 1. The predicted octanol–water partition coefficient (Wildman–Crippen LogP) is 4.53. The van der Waals surface area contributed by atoms with E-state index < -0.39 is 5.97 Å². The molecule has 4 nitrogen and oxygen atoms in total. The van der Waals surface area contributed by atoms with Gasteiger partial charge in [0.1, 0.15) is 0 Å². The average molecular weight is 357 g/mol. The van der Waals surface area contributed by atoms with Gasteiger partial charge in [0, 0.05) is 19.5 Å². The Morgan fingerprint density at radius 2 is 1.58 bits per heavy atom. The number of hydrogen-bond acceptors (Lipinski definition) is 2. The van der Waals surface area contributed by atoms with Crippen LogP contribution in [-0.4, -0.2) is 35.0 Å². The first-order valence-corrected chi connectivity index (χ1v) is 10.2. The Balaban J connectivity index is 1.48. The Labute approximate surface area is 156 Å². The van der Waals surface area contributed by atoms with E-state index in [1.807, 2.05) is 17.0 Å². The predicted molar refractivity (Wildman–Crippen MR) is 102 cm³/mol. The molecule has 1 aliphatic carbocycles. The van der Waals surface area contributed by atoms with Crippen LogP contribution in [0.2, 0.25) is 0 Å². The number of carbonyl (C=O) groups excluding carboxylic acids is 1. The lowest BCUT2D eigenvalue weighted by Crippen LogP contribution is -2.39. The summed E-state index contributed by atoms with van der Waals surface area (Å²) in [7, 11) is 0. The molecule has 1 amide bonds. The lowest BCUT2D eigenvalue weighted by Gasteiger charge is -2.33. The lowest BCUT2D eigenvalue weighted by molar-refractivity contribution is -0.133. The Bertz CT molecular complexity index is 612. The number of nitrogens with zero attached hydrogens (tertiary/aromatic N) is 1. The summed E-state index contributed by atoms with van der Waals surface area (Å²) in [4.78, 5) is 26.0. The maximum absolute atomic E-state index is 12.6. The summed E-state index contributed by atoms with van der Waals surface area (Å²) in [5, 5.41) is 9.33. The smallest absolute Gasteiger partial charge is 0.335 e. The number of rotatable bonds is 5. The molecule has 3 rings (SSSR count). The van der Waals surface area contributed by atoms with Gasteiger partial charge >= 0.3 is 5.97 Å². The topological polar surface area (TPSA) is 57.6 Å². The van der Waals surface area contributed by atoms with Gasteiger partial charge in [0.15, 0.2) is 0 Å². The second-order valence-corrected chi connectivity index (χ2v) is 8.05. The molecule has 142 valence electrons. The monoisotopic (exact) mass is 357 g/mol. The average Bonchev–Trinajstić information content (AvgIpc) is 2.91. The van der Waals surface area contributed by atoms with Crippen molar-refractivity contribution in [2.75, 3.05) is 13.1 Å². The summed E-state index contributed by atoms with van der Waals surface area (Å²) >= 11 is 0. The van der Waals surface area contributed by atoms with Crippen LogP contribution in [0.1, 0.15) is 73.7 Å². The highest BCUT2D eigenvalue weighted by molar-refractivity contribution is 5.89. The van der Waals surface area contributed by atoms with Crippen molar-refractivity contribution >= 4 is 11.9 Å². The Hall–Kier alpha value is -1.84. The molecule has 0 radical (unpaired) electrons. The quantitative estimate of drug-likeness (QED) is 0.788. The van der Waals surface area contributed by atoms with Crippen molar-refractivity contribution in [3.63, 3.8) is 0 Å². The van der Waals surface area contributed by atoms with Crippen LogP contribution in [0.4, 0.5) is 0 Å². The fourth-order valence-electron chi connectivity index (χ4n) is 4.55. The number of likely N-dealkylation sites (tertiary alicyclic amines) is 1. The molecule has 4 heteroatoms. The normalized spacial score (nSPS) is 19.9. The minimum absolute atomic E-state index is 0.335. The van der Waals surface area contributed by atoms with Gasteiger partial charge in [-0.1, -0.05) is 43.9 Å². The molecule has 26 heavy (non-hydrogen) atoms. The minimum Gasteiger partial charge on any atom is -0.478 e. The van der Waals surface area contributed by atoms with Gasteiger partial charge in [0.25, 0.3) is 0 Å². The van der Waals surface area contributed by atoms with Crippen molar-refractivity contribution < 1.29 is 14.7 Å². The molecule has 0 atom stereocenters. The second-order valence-electron chi connectivity index (χ2n) is 8.05. The van der Waals surface area contributed by atoms with E-state index in [2.05, 4.69) is 0 Å². The van der Waals surface area contributed by atoms with Crippen LogP contribution in [0.25, 0.3) is 0 Å². The van der Waals surface area contributed by atoms with E-state index in [-0.39, 0.29) is 0 Å². The molecule has 2 fully saturated rings. The van der Waals surface area contributed by atoms with E-state index in [9.17, 15) is 14.7 Å². The molecule has 1 heterocycles. The summed E-state index contributed by atoms with van der Waals surface area (Å²) < 4.78 is 0. The molecule has 1 N–H and O–H groups in total. The van der Waals surface area contributed by atoms with Gasteiger partial charge in [-0.25, -0.2) is 4.79 Å². The molecule has 0 aromatic heterocycles. The minimum atomic E-state index is -0.850. The number of amides is 1. The number of carboxylic acids is 1. The van der Waals surface area contributed by atoms with Crippen molar-refractivity contribution in [2.24, 2.45) is 11.8 Å². The van der Waals surface area contributed by atoms with Crippen LogP contribution in [0.3, 0.4) is 0 Å². The standard InChI is InChI=1S/C22H31NO3/c24-21(16-17-7-3-1-2-4-8-17)23-13-11-18(12-14-23)15-19-9-5-6-10-20(19)22(25)26/h5-6,9-10,17-18H,1-4,7-8,11-16H2,(H,25,26). The first-order chi connectivity index (χ1) is 12.6. The highest BCUT2D eigenvalue weighted by Gasteiger charge is 2.26. The molecule has 0 bridgehead atoms. The largest absolute Gasteiger partial charge is 0.478 e. The highest BCUT2D eigenvalue weighted by Crippen LogP contribution is 2.28. The van der Waals surface area contributed by atoms with E-state index >= 15 is 0 Å². The maximum Gasteiger partial charge on any atom is 0.335 e. The molecule has 1 saturated carbocycles. The van der Waals surface area contributed by atoms with Crippen molar-refractivity contribution in [1.29, 1.82) is 0 Å². The van der Waals surface area contributed by atoms with Gasteiger partial charge in [-0.2, -0.15) is 0 Å². The zero-order valence-electron chi connectivity index (χ0n) is 15.7. The van der Waals surface area contributed by atoms with Crippen LogP contribution in [0, 0.1) is 11.8 Å². The molecule has 1 aromatic rings. The number of hydrogen-bond donors (Lipinski definition) is 1. The van der Waals surface area contributed by atoms with Crippen LogP contribution in [0.15, 0.2) is 24.3 Å². The van der Waals surface area contributed by atoms with Crippen LogP contribution < -0.4 is 0 Å². The van der Waals surface area contributed by atoms with Crippen molar-refractivity contribution in [2.45, 2.75) is 64.2 Å². The third-order valence-corrected chi connectivity index (χ3v) is 6.16. The number of piperidine rings is 1. The van der Waals surface area contributed by atoms with Crippen molar-refractivity contribution in [1.82, 2.24) is 4.90 Å². The van der Waals surface area contributed by atoms with Crippen LogP contribution in [-0.2, 0) is 11.2 Å². The SMILES string of the molecule is O=C(O)c1ccccc1CC1CCN(C(=O)CC2CCCCCC2)CC1. The Morgan fingerprint density at radius 3 is 2.23 bits per heavy atom. The van der Waals surface area contributed by atoms with Gasteiger partial charge < -0.3 is 10.0 Å². The van der Waals surface area contributed by atoms with Crippen LogP contribution >= 0.6 is 0 Å². The summed E-state index contributed by atoms with van der Waals surface area (Å²) in [6.07, 6.45) is 11.1. The van der Waals surface area contributed by atoms with E-state index in [0.717, 1.165) is 44.3 Å². The highest BCUT2D eigenvalue weighted by atomic mass is 16.4. The Morgan fingerprint density at radius 1 is 0.923 bits per heavy atom. The molecule has 0 spiro atoms. The summed E-state index contributed by atoms with van der Waals surface area (Å²) in [5.74, 6) is 0.542. The molecule has 2 aliphatic rings. The first kappa shape index (κ1) is 18.9. The summed E-state index contributed by atoms with van der Waals surface area (Å²) in [6, 6.07) is 7.30. The third kappa shape index (κ3) is 5.09. The molecule has 1 aromatic carbocycles. The summed E-state index contributed by atoms with van der Waals surface area (Å²) in [5.41, 5.74) is 1.34. The zero-order valence-corrected chi connectivity index (χ0v) is 15.7. The van der Waals surface area contributed by atoms with Gasteiger partial charge in [0.2, 0.25) is 5.91 Å². The lowest BCUT2D eigenvalue weighted by atomic mass is 9.88. The first-order valence-electron chi connectivity index (χ1n) is 10.2. The zero-order chi connectivity index (χ0) is 18.4. The molecular formula is C22H31NO3.